The van der Waals surface area contributed by atoms with Crippen LogP contribution in [0, 0.1) is 11.7 Å². The first-order valence-electron chi connectivity index (χ1n) is 10.7. The summed E-state index contributed by atoms with van der Waals surface area (Å²) in [5, 5.41) is 9.50. The molecule has 2 aliphatic rings. The Hall–Kier alpha value is -3.29. The molecule has 1 atom stereocenters. The third-order valence-corrected chi connectivity index (χ3v) is 6.60. The summed E-state index contributed by atoms with van der Waals surface area (Å²) >= 11 is 0.972. The van der Waals surface area contributed by atoms with Crippen molar-refractivity contribution in [3.05, 3.63) is 40.2 Å². The summed E-state index contributed by atoms with van der Waals surface area (Å²) in [5.41, 5.74) is -1.31. The molecule has 34 heavy (non-hydrogen) atoms. The fourth-order valence-corrected chi connectivity index (χ4v) is 4.58. The topological polar surface area (TPSA) is 137 Å². The molecule has 3 aromatic rings. The van der Waals surface area contributed by atoms with Crippen LogP contribution in [-0.2, 0) is 14.3 Å². The number of anilines is 1. The first-order chi connectivity index (χ1) is 16.4. The van der Waals surface area contributed by atoms with Crippen LogP contribution in [0.3, 0.4) is 0 Å². The molecule has 1 unspecified atom stereocenters. The number of aromatic nitrogens is 4. The van der Waals surface area contributed by atoms with Gasteiger partial charge in [0.05, 0.1) is 37.2 Å². The van der Waals surface area contributed by atoms with Gasteiger partial charge in [0.25, 0.3) is 0 Å². The van der Waals surface area contributed by atoms with Crippen LogP contribution < -0.4 is 10.3 Å². The predicted octanol–water partition coefficient (Wildman–Crippen LogP) is 1.28. The second-order valence-electron chi connectivity index (χ2n) is 8.11. The summed E-state index contributed by atoms with van der Waals surface area (Å²) in [4.78, 5) is 46.7. The van der Waals surface area contributed by atoms with E-state index in [9.17, 15) is 23.9 Å². The number of halogens is 1. The Morgan fingerprint density at radius 3 is 2.79 bits per heavy atom. The zero-order chi connectivity index (χ0) is 23.8. The summed E-state index contributed by atoms with van der Waals surface area (Å²) in [6, 6.07) is 0.986. The third kappa shape index (κ3) is 4.17. The van der Waals surface area contributed by atoms with E-state index >= 15 is 0 Å². The summed E-state index contributed by atoms with van der Waals surface area (Å²) in [7, 11) is 0. The SMILES string of the molecule is O=C(O)c1cn(-c2ncns2)c2nc(N3CC(C(=O)CCC4COCCO4)C3)c(F)cc2c1=O. The van der Waals surface area contributed by atoms with Gasteiger partial charge in [-0.2, -0.15) is 4.37 Å². The van der Waals surface area contributed by atoms with Crippen LogP contribution in [-0.4, -0.2) is 74.8 Å². The van der Waals surface area contributed by atoms with E-state index in [2.05, 4.69) is 14.3 Å². The van der Waals surface area contributed by atoms with Gasteiger partial charge in [0.15, 0.2) is 17.3 Å². The molecule has 13 heteroatoms. The lowest BCUT2D eigenvalue weighted by Gasteiger charge is -2.39. The van der Waals surface area contributed by atoms with Crippen LogP contribution >= 0.6 is 11.5 Å². The molecule has 11 nitrogen and oxygen atoms in total. The normalized spacial score (nSPS) is 18.7. The number of ketones is 1. The van der Waals surface area contributed by atoms with Crippen molar-refractivity contribution < 1.29 is 28.6 Å². The molecule has 2 fully saturated rings. The number of ether oxygens (including phenoxy) is 2. The number of Topliss-reactive ketones (excluding diaryl/α,β-unsaturated/α-hetero) is 1. The summed E-state index contributed by atoms with van der Waals surface area (Å²) in [6.45, 7) is 2.17. The minimum Gasteiger partial charge on any atom is -0.477 e. The largest absolute Gasteiger partial charge is 0.477 e. The zero-order valence-corrected chi connectivity index (χ0v) is 18.7. The molecule has 0 radical (unpaired) electrons. The molecule has 1 N–H and O–H groups in total. The number of pyridine rings is 2. The van der Waals surface area contributed by atoms with Crippen LogP contribution in [0.1, 0.15) is 23.2 Å². The van der Waals surface area contributed by atoms with Crippen LogP contribution in [0.25, 0.3) is 16.2 Å². The molecule has 0 spiro atoms. The molecule has 2 aliphatic heterocycles. The van der Waals surface area contributed by atoms with Crippen molar-refractivity contribution in [3.63, 3.8) is 0 Å². The van der Waals surface area contributed by atoms with Gasteiger partial charge in [-0.1, -0.05) is 0 Å². The van der Waals surface area contributed by atoms with Crippen molar-refractivity contribution in [3.8, 4) is 5.13 Å². The fraction of sp³-hybridized carbons (Fsp3) is 0.429. The summed E-state index contributed by atoms with van der Waals surface area (Å²) in [5.74, 6) is -2.40. The Balaban J connectivity index is 1.38. The number of carboxylic acids is 1. The van der Waals surface area contributed by atoms with E-state index in [1.165, 1.54) is 10.9 Å². The Morgan fingerprint density at radius 1 is 1.29 bits per heavy atom. The molecule has 0 aromatic carbocycles. The quantitative estimate of drug-likeness (QED) is 0.517. The van der Waals surface area contributed by atoms with Crippen LogP contribution in [0.5, 0.6) is 0 Å². The lowest BCUT2D eigenvalue weighted by Crippen LogP contribution is -2.51. The Morgan fingerprint density at radius 2 is 2.12 bits per heavy atom. The van der Waals surface area contributed by atoms with Gasteiger partial charge in [0.2, 0.25) is 10.6 Å². The number of carbonyl (C=O) groups is 2. The average Bonchev–Trinajstić information content (AvgIpc) is 3.33. The van der Waals surface area contributed by atoms with Gasteiger partial charge in [-0.25, -0.2) is 19.2 Å². The fourth-order valence-electron chi connectivity index (χ4n) is 4.07. The molecule has 5 heterocycles. The monoisotopic (exact) mass is 489 g/mol. The Kier molecular flexibility index (Phi) is 6.06. The van der Waals surface area contributed by atoms with Crippen LogP contribution in [0.2, 0.25) is 0 Å². The number of fused-ring (bicyclic) bond motifs is 1. The van der Waals surface area contributed by atoms with Gasteiger partial charge in [-0.05, 0) is 12.5 Å². The highest BCUT2D eigenvalue weighted by Crippen LogP contribution is 2.30. The van der Waals surface area contributed by atoms with E-state index in [-0.39, 0.29) is 39.8 Å². The molecule has 2 saturated heterocycles. The number of hydrogen-bond donors (Lipinski definition) is 1. The minimum absolute atomic E-state index is 0.0127. The number of rotatable bonds is 7. The second-order valence-corrected chi connectivity index (χ2v) is 8.87. The number of carbonyl (C=O) groups excluding carboxylic acids is 1. The average molecular weight is 489 g/mol. The highest BCUT2D eigenvalue weighted by molar-refractivity contribution is 7.08. The lowest BCUT2D eigenvalue weighted by molar-refractivity contribution is -0.126. The van der Waals surface area contributed by atoms with E-state index < -0.39 is 22.8 Å². The maximum absolute atomic E-state index is 15.0. The molecular weight excluding hydrogens is 469 g/mol. The Bertz CT molecular complexity index is 1300. The van der Waals surface area contributed by atoms with Gasteiger partial charge in [0, 0.05) is 37.2 Å². The van der Waals surface area contributed by atoms with Crippen LogP contribution in [0.4, 0.5) is 10.2 Å². The maximum Gasteiger partial charge on any atom is 0.341 e. The molecule has 0 saturated carbocycles. The van der Waals surface area contributed by atoms with Crippen molar-refractivity contribution >= 4 is 40.1 Å². The molecule has 178 valence electrons. The number of aromatic carboxylic acids is 1. The molecular formula is C21H20FN5O6S. The van der Waals surface area contributed by atoms with Crippen molar-refractivity contribution in [2.45, 2.75) is 18.9 Å². The van der Waals surface area contributed by atoms with Gasteiger partial charge in [0.1, 0.15) is 17.7 Å². The number of nitrogens with zero attached hydrogens (tertiary/aromatic N) is 5. The summed E-state index contributed by atoms with van der Waals surface area (Å²) in [6.07, 6.45) is 3.25. The van der Waals surface area contributed by atoms with Gasteiger partial charge >= 0.3 is 5.97 Å². The first-order valence-corrected chi connectivity index (χ1v) is 11.4. The third-order valence-electron chi connectivity index (χ3n) is 5.93. The van der Waals surface area contributed by atoms with Crippen molar-refractivity contribution in [2.24, 2.45) is 5.92 Å². The highest BCUT2D eigenvalue weighted by Gasteiger charge is 2.35. The molecule has 5 rings (SSSR count). The smallest absolute Gasteiger partial charge is 0.341 e. The maximum atomic E-state index is 15.0. The molecule has 0 amide bonds. The summed E-state index contributed by atoms with van der Waals surface area (Å²) < 4.78 is 31.1. The predicted molar refractivity (Wildman–Crippen MR) is 118 cm³/mol. The van der Waals surface area contributed by atoms with Gasteiger partial charge < -0.3 is 19.5 Å². The second kappa shape index (κ2) is 9.16. The molecule has 0 aliphatic carbocycles. The number of carboxylic acid groups (broad SMARTS) is 1. The zero-order valence-electron chi connectivity index (χ0n) is 17.8. The van der Waals surface area contributed by atoms with E-state index in [1.807, 2.05) is 0 Å². The van der Waals surface area contributed by atoms with E-state index in [0.29, 0.717) is 45.8 Å². The van der Waals surface area contributed by atoms with Gasteiger partial charge in [-0.15, -0.1) is 0 Å². The van der Waals surface area contributed by atoms with Crippen LogP contribution in [0.15, 0.2) is 23.4 Å². The van der Waals surface area contributed by atoms with Gasteiger partial charge in [-0.3, -0.25) is 14.2 Å². The lowest BCUT2D eigenvalue weighted by atomic mass is 9.91. The van der Waals surface area contributed by atoms with Crippen molar-refractivity contribution in [1.29, 1.82) is 0 Å². The van der Waals surface area contributed by atoms with E-state index in [0.717, 1.165) is 23.8 Å². The van der Waals surface area contributed by atoms with E-state index in [4.69, 9.17) is 9.47 Å². The van der Waals surface area contributed by atoms with E-state index in [1.54, 1.807) is 4.90 Å². The number of hydrogen-bond acceptors (Lipinski definition) is 10. The molecule has 0 bridgehead atoms. The van der Waals surface area contributed by atoms with Crippen molar-refractivity contribution in [1.82, 2.24) is 18.9 Å². The standard InChI is InChI=1S/C21H20FN5O6S/c22-15-5-13-17(29)14(20(30)31)8-27(21-23-10-24-34-21)18(13)25-19(15)26-6-11(7-26)16(28)2-1-12-9-32-3-4-33-12/h5,8,10-12H,1-4,6-7,9H2,(H,30,31). The molecule has 3 aromatic heterocycles. The Labute approximate surface area is 195 Å². The first kappa shape index (κ1) is 22.5. The highest BCUT2D eigenvalue weighted by atomic mass is 32.1. The minimum atomic E-state index is -1.44. The van der Waals surface area contributed by atoms with Crippen molar-refractivity contribution in [2.75, 3.05) is 37.8 Å².